The molecule has 3 rings (SSSR count). The number of carbonyl (C=O) groups excluding carboxylic acids is 1. The minimum Gasteiger partial charge on any atom is -0.492 e. The van der Waals surface area contributed by atoms with Crippen molar-refractivity contribution in [3.05, 3.63) is 70.9 Å². The summed E-state index contributed by atoms with van der Waals surface area (Å²) >= 11 is 0. The highest BCUT2D eigenvalue weighted by Crippen LogP contribution is 2.21. The molecule has 0 spiro atoms. The lowest BCUT2D eigenvalue weighted by Crippen LogP contribution is -2.31. The van der Waals surface area contributed by atoms with E-state index in [9.17, 15) is 4.79 Å². The first-order chi connectivity index (χ1) is 12.4. The molecule has 0 aliphatic carbocycles. The first-order valence-electron chi connectivity index (χ1n) is 8.77. The van der Waals surface area contributed by atoms with Gasteiger partial charge in [0.05, 0.1) is 17.6 Å². The number of likely N-dealkylation sites (N-methyl/N-ethyl adjacent to an activating group) is 1. The molecule has 1 heterocycles. The van der Waals surface area contributed by atoms with E-state index in [1.807, 2.05) is 69.3 Å². The van der Waals surface area contributed by atoms with Crippen LogP contribution in [-0.4, -0.2) is 36.0 Å². The van der Waals surface area contributed by atoms with E-state index in [-0.39, 0.29) is 5.91 Å². The molecule has 134 valence electrons. The van der Waals surface area contributed by atoms with Gasteiger partial charge in [0.15, 0.2) is 0 Å². The van der Waals surface area contributed by atoms with E-state index in [1.165, 1.54) is 5.56 Å². The van der Waals surface area contributed by atoms with Crippen molar-refractivity contribution in [1.29, 1.82) is 0 Å². The van der Waals surface area contributed by atoms with E-state index in [1.54, 1.807) is 11.9 Å². The quantitative estimate of drug-likeness (QED) is 0.690. The normalized spacial score (nSPS) is 10.8. The molecule has 0 aliphatic rings. The van der Waals surface area contributed by atoms with Crippen LogP contribution in [0.2, 0.25) is 0 Å². The topological polar surface area (TPSA) is 42.4 Å². The second kappa shape index (κ2) is 7.56. The van der Waals surface area contributed by atoms with Gasteiger partial charge in [-0.25, -0.2) is 0 Å². The summed E-state index contributed by atoms with van der Waals surface area (Å²) in [5.41, 5.74) is 4.69. The molecule has 1 aromatic heterocycles. The van der Waals surface area contributed by atoms with E-state index in [0.717, 1.165) is 27.9 Å². The number of carbonyl (C=O) groups is 1. The van der Waals surface area contributed by atoms with Gasteiger partial charge in [-0.3, -0.25) is 9.78 Å². The van der Waals surface area contributed by atoms with Gasteiger partial charge in [0, 0.05) is 18.1 Å². The Morgan fingerprint density at radius 2 is 1.69 bits per heavy atom. The average molecular weight is 348 g/mol. The fraction of sp³-hybridized carbons (Fsp3) is 0.273. The predicted octanol–water partition coefficient (Wildman–Crippen LogP) is 4.31. The molecule has 1 amide bonds. The SMILES string of the molecule is Cc1ccc(OCCN(C)C(=O)c2cc(C)nc3ccc(C)cc23)cc1. The monoisotopic (exact) mass is 348 g/mol. The van der Waals surface area contributed by atoms with Crippen LogP contribution < -0.4 is 4.74 Å². The van der Waals surface area contributed by atoms with Gasteiger partial charge in [-0.05, 0) is 51.1 Å². The first-order valence-corrected chi connectivity index (χ1v) is 8.77. The summed E-state index contributed by atoms with van der Waals surface area (Å²) in [4.78, 5) is 19.2. The summed E-state index contributed by atoms with van der Waals surface area (Å²) in [6.07, 6.45) is 0. The molecule has 26 heavy (non-hydrogen) atoms. The lowest BCUT2D eigenvalue weighted by molar-refractivity contribution is 0.0775. The van der Waals surface area contributed by atoms with Crippen molar-refractivity contribution in [2.24, 2.45) is 0 Å². The van der Waals surface area contributed by atoms with E-state index in [0.29, 0.717) is 18.7 Å². The molecule has 2 aromatic carbocycles. The van der Waals surface area contributed by atoms with E-state index >= 15 is 0 Å². The number of pyridine rings is 1. The number of ether oxygens (including phenoxy) is 1. The van der Waals surface area contributed by atoms with Crippen molar-refractivity contribution >= 4 is 16.8 Å². The molecule has 0 N–H and O–H groups in total. The minimum absolute atomic E-state index is 0.0152. The van der Waals surface area contributed by atoms with Crippen LogP contribution in [0.15, 0.2) is 48.5 Å². The molecule has 0 atom stereocenters. The summed E-state index contributed by atoms with van der Waals surface area (Å²) in [6, 6.07) is 15.8. The summed E-state index contributed by atoms with van der Waals surface area (Å²) < 4.78 is 5.74. The molecule has 0 fully saturated rings. The Hall–Kier alpha value is -2.88. The Morgan fingerprint density at radius 1 is 1.00 bits per heavy atom. The summed E-state index contributed by atoms with van der Waals surface area (Å²) in [6.45, 7) is 6.94. The number of nitrogens with zero attached hydrogens (tertiary/aromatic N) is 2. The maximum atomic E-state index is 13.0. The molecule has 0 radical (unpaired) electrons. The molecule has 0 unspecified atom stereocenters. The average Bonchev–Trinajstić information content (AvgIpc) is 2.62. The molecular formula is C22H24N2O2. The Kier molecular flexibility index (Phi) is 5.21. The van der Waals surface area contributed by atoms with Crippen LogP contribution in [0, 0.1) is 20.8 Å². The number of rotatable bonds is 5. The molecule has 0 saturated heterocycles. The van der Waals surface area contributed by atoms with E-state index in [4.69, 9.17) is 4.74 Å². The second-order valence-electron chi connectivity index (χ2n) is 6.72. The third kappa shape index (κ3) is 4.02. The highest BCUT2D eigenvalue weighted by atomic mass is 16.5. The smallest absolute Gasteiger partial charge is 0.254 e. The van der Waals surface area contributed by atoms with Gasteiger partial charge in [0.2, 0.25) is 0 Å². The maximum absolute atomic E-state index is 13.0. The summed E-state index contributed by atoms with van der Waals surface area (Å²) in [7, 11) is 1.80. The highest BCUT2D eigenvalue weighted by Gasteiger charge is 2.16. The van der Waals surface area contributed by atoms with E-state index < -0.39 is 0 Å². The van der Waals surface area contributed by atoms with Crippen molar-refractivity contribution in [1.82, 2.24) is 9.88 Å². The molecule has 0 aliphatic heterocycles. The Balaban J connectivity index is 1.73. The van der Waals surface area contributed by atoms with Gasteiger partial charge in [0.1, 0.15) is 12.4 Å². The number of aryl methyl sites for hydroxylation is 3. The van der Waals surface area contributed by atoms with Gasteiger partial charge in [-0.1, -0.05) is 29.3 Å². The molecule has 4 nitrogen and oxygen atoms in total. The third-order valence-electron chi connectivity index (χ3n) is 4.39. The van der Waals surface area contributed by atoms with Gasteiger partial charge in [-0.15, -0.1) is 0 Å². The Labute approximate surface area is 154 Å². The Morgan fingerprint density at radius 3 is 2.42 bits per heavy atom. The molecule has 3 aromatic rings. The van der Waals surface area contributed by atoms with Gasteiger partial charge in [0.25, 0.3) is 5.91 Å². The van der Waals surface area contributed by atoms with Crippen molar-refractivity contribution in [3.8, 4) is 5.75 Å². The fourth-order valence-corrected chi connectivity index (χ4v) is 2.89. The number of amides is 1. The first kappa shape index (κ1) is 17.9. The second-order valence-corrected chi connectivity index (χ2v) is 6.72. The number of hydrogen-bond acceptors (Lipinski definition) is 3. The lowest BCUT2D eigenvalue weighted by Gasteiger charge is -2.19. The zero-order chi connectivity index (χ0) is 18.7. The largest absolute Gasteiger partial charge is 0.492 e. The number of hydrogen-bond donors (Lipinski definition) is 0. The van der Waals surface area contributed by atoms with Gasteiger partial charge >= 0.3 is 0 Å². The summed E-state index contributed by atoms with van der Waals surface area (Å²) in [5.74, 6) is 0.802. The molecule has 4 heteroatoms. The number of aromatic nitrogens is 1. The van der Waals surface area contributed by atoms with Crippen molar-refractivity contribution in [3.63, 3.8) is 0 Å². The zero-order valence-corrected chi connectivity index (χ0v) is 15.7. The van der Waals surface area contributed by atoms with Crippen LogP contribution in [0.5, 0.6) is 5.75 Å². The minimum atomic E-state index is -0.0152. The lowest BCUT2D eigenvalue weighted by atomic mass is 10.0. The molecule has 0 bridgehead atoms. The Bertz CT molecular complexity index is 933. The zero-order valence-electron chi connectivity index (χ0n) is 15.7. The van der Waals surface area contributed by atoms with Gasteiger partial charge in [-0.2, -0.15) is 0 Å². The maximum Gasteiger partial charge on any atom is 0.254 e. The van der Waals surface area contributed by atoms with Gasteiger partial charge < -0.3 is 9.64 Å². The van der Waals surface area contributed by atoms with Crippen LogP contribution in [0.4, 0.5) is 0 Å². The highest BCUT2D eigenvalue weighted by molar-refractivity contribution is 6.06. The molecule has 0 saturated carbocycles. The van der Waals surface area contributed by atoms with Crippen molar-refractivity contribution < 1.29 is 9.53 Å². The number of fused-ring (bicyclic) bond motifs is 1. The van der Waals surface area contributed by atoms with Crippen LogP contribution in [0.25, 0.3) is 10.9 Å². The standard InChI is InChI=1S/C22H24N2O2/c1-15-5-8-18(9-6-15)26-12-11-24(4)22(25)20-14-17(3)23-21-10-7-16(2)13-19(20)21/h5-10,13-14H,11-12H2,1-4H3. The van der Waals surface area contributed by atoms with Crippen LogP contribution in [0.1, 0.15) is 27.2 Å². The van der Waals surface area contributed by atoms with Crippen LogP contribution >= 0.6 is 0 Å². The number of benzene rings is 2. The van der Waals surface area contributed by atoms with Crippen LogP contribution in [0.3, 0.4) is 0 Å². The third-order valence-corrected chi connectivity index (χ3v) is 4.39. The fourth-order valence-electron chi connectivity index (χ4n) is 2.89. The van der Waals surface area contributed by atoms with E-state index in [2.05, 4.69) is 4.98 Å². The predicted molar refractivity (Wildman–Crippen MR) is 105 cm³/mol. The van der Waals surface area contributed by atoms with Crippen LogP contribution in [-0.2, 0) is 0 Å². The van der Waals surface area contributed by atoms with Crippen molar-refractivity contribution in [2.45, 2.75) is 20.8 Å². The summed E-state index contributed by atoms with van der Waals surface area (Å²) in [5, 5.41) is 0.895. The van der Waals surface area contributed by atoms with Crippen molar-refractivity contribution in [2.75, 3.05) is 20.2 Å². The molecular weight excluding hydrogens is 324 g/mol.